The number of carbonyl (C=O) groups excluding carboxylic acids is 2. The van der Waals surface area contributed by atoms with Gasteiger partial charge in [-0.15, -0.1) is 0 Å². The zero-order valence-corrected chi connectivity index (χ0v) is 9.88. The largest absolute Gasteiger partial charge is 0.445 e. The van der Waals surface area contributed by atoms with E-state index >= 15 is 0 Å². The molecule has 2 unspecified atom stereocenters. The number of rotatable bonds is 3. The molecule has 1 aromatic rings. The van der Waals surface area contributed by atoms with Crippen LogP contribution in [0.15, 0.2) is 30.3 Å². The Morgan fingerprint density at radius 3 is 2.78 bits per heavy atom. The van der Waals surface area contributed by atoms with Crippen LogP contribution in [0.2, 0.25) is 0 Å². The van der Waals surface area contributed by atoms with E-state index < -0.39 is 24.5 Å². The first-order chi connectivity index (χ1) is 8.65. The summed E-state index contributed by atoms with van der Waals surface area (Å²) >= 11 is 0. The average molecular weight is 250 g/mol. The van der Waals surface area contributed by atoms with Gasteiger partial charge in [-0.25, -0.2) is 9.59 Å². The zero-order valence-electron chi connectivity index (χ0n) is 9.88. The monoisotopic (exact) mass is 250 g/mol. The fourth-order valence-electron chi connectivity index (χ4n) is 1.56. The van der Waals surface area contributed by atoms with E-state index in [4.69, 9.17) is 9.47 Å². The fraction of sp³-hybridized carbons (Fsp3) is 0.333. The summed E-state index contributed by atoms with van der Waals surface area (Å²) in [6, 6.07) is 9.33. The minimum Gasteiger partial charge on any atom is -0.445 e. The van der Waals surface area contributed by atoms with Gasteiger partial charge in [0.15, 0.2) is 0 Å². The van der Waals surface area contributed by atoms with Crippen LogP contribution < -0.4 is 10.6 Å². The number of amides is 2. The summed E-state index contributed by atoms with van der Waals surface area (Å²) in [5.41, 5.74) is 0.896. The number of benzene rings is 1. The summed E-state index contributed by atoms with van der Waals surface area (Å²) in [7, 11) is 0. The summed E-state index contributed by atoms with van der Waals surface area (Å²) in [5, 5.41) is 4.97. The van der Waals surface area contributed by atoms with Gasteiger partial charge in [0.25, 0.3) is 0 Å². The summed E-state index contributed by atoms with van der Waals surface area (Å²) in [4.78, 5) is 22.4. The lowest BCUT2D eigenvalue weighted by atomic mass is 10.2. The van der Waals surface area contributed by atoms with Crippen LogP contribution in [-0.4, -0.2) is 24.5 Å². The second-order valence-corrected chi connectivity index (χ2v) is 3.94. The molecule has 0 bridgehead atoms. The quantitative estimate of drug-likeness (QED) is 0.849. The summed E-state index contributed by atoms with van der Waals surface area (Å²) < 4.78 is 9.83. The van der Waals surface area contributed by atoms with Crippen molar-refractivity contribution in [1.29, 1.82) is 0 Å². The SMILES string of the molecule is CC1OC(=O)NC1NC(=O)OCc1ccccc1. The third-order valence-electron chi connectivity index (χ3n) is 2.52. The molecule has 2 rings (SSSR count). The van der Waals surface area contributed by atoms with Gasteiger partial charge >= 0.3 is 12.2 Å². The second kappa shape index (κ2) is 5.39. The highest BCUT2D eigenvalue weighted by Crippen LogP contribution is 2.06. The molecule has 96 valence electrons. The summed E-state index contributed by atoms with van der Waals surface area (Å²) in [6.07, 6.45) is -2.11. The lowest BCUT2D eigenvalue weighted by molar-refractivity contribution is 0.118. The molecule has 0 aliphatic carbocycles. The van der Waals surface area contributed by atoms with Crippen molar-refractivity contribution in [3.05, 3.63) is 35.9 Å². The number of carbonyl (C=O) groups is 2. The molecular weight excluding hydrogens is 236 g/mol. The molecule has 0 radical (unpaired) electrons. The van der Waals surface area contributed by atoms with Crippen LogP contribution in [0.25, 0.3) is 0 Å². The standard InChI is InChI=1S/C12H14N2O4/c1-8-10(14-12(16)18-8)13-11(15)17-7-9-5-3-2-4-6-9/h2-6,8,10H,7H2,1H3,(H,13,15)(H,14,16). The Morgan fingerprint density at radius 2 is 2.17 bits per heavy atom. The molecule has 1 aliphatic rings. The molecule has 18 heavy (non-hydrogen) atoms. The van der Waals surface area contributed by atoms with Gasteiger partial charge in [0, 0.05) is 0 Å². The number of hydrogen-bond acceptors (Lipinski definition) is 4. The van der Waals surface area contributed by atoms with Crippen molar-refractivity contribution in [1.82, 2.24) is 10.6 Å². The predicted octanol–water partition coefficient (Wildman–Crippen LogP) is 1.37. The third kappa shape index (κ3) is 3.13. The van der Waals surface area contributed by atoms with E-state index in [9.17, 15) is 9.59 Å². The first-order valence-electron chi connectivity index (χ1n) is 5.59. The van der Waals surface area contributed by atoms with Crippen LogP contribution in [0.4, 0.5) is 9.59 Å². The Morgan fingerprint density at radius 1 is 1.44 bits per heavy atom. The van der Waals surface area contributed by atoms with Gasteiger partial charge in [-0.3, -0.25) is 10.6 Å². The third-order valence-corrected chi connectivity index (χ3v) is 2.52. The van der Waals surface area contributed by atoms with Gasteiger partial charge in [-0.1, -0.05) is 30.3 Å². The molecule has 6 nitrogen and oxygen atoms in total. The van der Waals surface area contributed by atoms with E-state index in [2.05, 4.69) is 10.6 Å². The van der Waals surface area contributed by atoms with Crippen molar-refractivity contribution in [3.63, 3.8) is 0 Å². The van der Waals surface area contributed by atoms with Crippen molar-refractivity contribution in [3.8, 4) is 0 Å². The molecular formula is C12H14N2O4. The number of nitrogens with one attached hydrogen (secondary N) is 2. The van der Waals surface area contributed by atoms with E-state index in [1.165, 1.54) is 0 Å². The molecule has 1 saturated heterocycles. The number of alkyl carbamates (subject to hydrolysis) is 2. The smallest absolute Gasteiger partial charge is 0.409 e. The first kappa shape index (κ1) is 12.2. The van der Waals surface area contributed by atoms with Gasteiger partial charge < -0.3 is 9.47 Å². The molecule has 2 amide bonds. The van der Waals surface area contributed by atoms with E-state index in [1.54, 1.807) is 6.92 Å². The normalized spacial score (nSPS) is 21.9. The number of hydrogen-bond donors (Lipinski definition) is 2. The van der Waals surface area contributed by atoms with Gasteiger partial charge in [0.1, 0.15) is 18.9 Å². The van der Waals surface area contributed by atoms with Crippen molar-refractivity contribution >= 4 is 12.2 Å². The van der Waals surface area contributed by atoms with Crippen molar-refractivity contribution in [2.45, 2.75) is 25.8 Å². The average Bonchev–Trinajstić information content (AvgIpc) is 2.67. The summed E-state index contributed by atoms with van der Waals surface area (Å²) in [5.74, 6) is 0. The summed E-state index contributed by atoms with van der Waals surface area (Å²) in [6.45, 7) is 1.86. The lowest BCUT2D eigenvalue weighted by Crippen LogP contribution is -2.47. The molecule has 2 atom stereocenters. The maximum absolute atomic E-state index is 11.5. The van der Waals surface area contributed by atoms with Crippen LogP contribution in [0, 0.1) is 0 Å². The van der Waals surface area contributed by atoms with Crippen LogP contribution in [0.1, 0.15) is 12.5 Å². The Bertz CT molecular complexity index is 435. The zero-order chi connectivity index (χ0) is 13.0. The van der Waals surface area contributed by atoms with Gasteiger partial charge in [-0.05, 0) is 12.5 Å². The predicted molar refractivity (Wildman–Crippen MR) is 62.6 cm³/mol. The molecule has 1 heterocycles. The van der Waals surface area contributed by atoms with Crippen LogP contribution in [0.3, 0.4) is 0 Å². The highest BCUT2D eigenvalue weighted by atomic mass is 16.6. The van der Waals surface area contributed by atoms with Crippen molar-refractivity contribution in [2.75, 3.05) is 0 Å². The highest BCUT2D eigenvalue weighted by Gasteiger charge is 2.31. The minimum absolute atomic E-state index is 0.183. The Balaban J connectivity index is 1.77. The van der Waals surface area contributed by atoms with E-state index in [0.717, 1.165) is 5.56 Å². The maximum atomic E-state index is 11.5. The van der Waals surface area contributed by atoms with E-state index in [0.29, 0.717) is 0 Å². The van der Waals surface area contributed by atoms with Crippen LogP contribution in [0.5, 0.6) is 0 Å². The highest BCUT2D eigenvalue weighted by molar-refractivity contribution is 5.73. The Labute approximate surface area is 104 Å². The minimum atomic E-state index is -0.596. The van der Waals surface area contributed by atoms with Gasteiger partial charge in [-0.2, -0.15) is 0 Å². The second-order valence-electron chi connectivity index (χ2n) is 3.94. The molecule has 6 heteroatoms. The molecule has 1 fully saturated rings. The Hall–Kier alpha value is -2.24. The molecule has 2 N–H and O–H groups in total. The molecule has 0 aromatic heterocycles. The molecule has 1 aliphatic heterocycles. The van der Waals surface area contributed by atoms with Crippen molar-refractivity contribution in [2.24, 2.45) is 0 Å². The van der Waals surface area contributed by atoms with Crippen LogP contribution >= 0.6 is 0 Å². The van der Waals surface area contributed by atoms with Gasteiger partial charge in [0.05, 0.1) is 0 Å². The Kier molecular flexibility index (Phi) is 3.66. The topological polar surface area (TPSA) is 76.7 Å². The molecule has 1 aromatic carbocycles. The molecule has 0 saturated carbocycles. The first-order valence-corrected chi connectivity index (χ1v) is 5.59. The number of cyclic esters (lactones) is 1. The number of ether oxygens (including phenoxy) is 2. The van der Waals surface area contributed by atoms with E-state index in [-0.39, 0.29) is 6.61 Å². The van der Waals surface area contributed by atoms with Crippen LogP contribution in [-0.2, 0) is 16.1 Å². The lowest BCUT2D eigenvalue weighted by Gasteiger charge is -2.14. The van der Waals surface area contributed by atoms with Gasteiger partial charge in [0.2, 0.25) is 0 Å². The van der Waals surface area contributed by atoms with Crippen molar-refractivity contribution < 1.29 is 19.1 Å². The molecule has 0 spiro atoms. The fourth-order valence-corrected chi connectivity index (χ4v) is 1.56. The maximum Gasteiger partial charge on any atom is 0.409 e. The van der Waals surface area contributed by atoms with E-state index in [1.807, 2.05) is 30.3 Å².